The van der Waals surface area contributed by atoms with Gasteiger partial charge < -0.3 is 0 Å². The summed E-state index contributed by atoms with van der Waals surface area (Å²) in [5.74, 6) is 0.0820. The minimum atomic E-state index is -0.428. The molecule has 1 aliphatic rings. The first-order valence-corrected chi connectivity index (χ1v) is 11.8. The first-order valence-electron chi connectivity index (χ1n) is 11.8. The van der Waals surface area contributed by atoms with Gasteiger partial charge >= 0.3 is 0 Å². The topological polar surface area (TPSA) is 0 Å². The van der Waals surface area contributed by atoms with Gasteiger partial charge in [0.2, 0.25) is 0 Å². The molecule has 1 aliphatic carbocycles. The molecule has 1 saturated carbocycles. The SMILES string of the molecule is C[C@H](Cc1c(F)cc(CCC2CCC(c3ccc(F)cc3)CC2)cc1F)c1ccccc1. The lowest BCUT2D eigenvalue weighted by atomic mass is 9.77. The fourth-order valence-corrected chi connectivity index (χ4v) is 5.09. The van der Waals surface area contributed by atoms with Crippen LogP contribution in [0.15, 0.2) is 66.7 Å². The Morgan fingerprint density at radius 2 is 1.44 bits per heavy atom. The molecule has 0 aromatic heterocycles. The maximum atomic E-state index is 14.8. The molecule has 3 aromatic rings. The molecule has 1 atom stereocenters. The summed E-state index contributed by atoms with van der Waals surface area (Å²) in [6.07, 6.45) is 6.42. The van der Waals surface area contributed by atoms with Crippen molar-refractivity contribution in [2.75, 3.05) is 0 Å². The van der Waals surface area contributed by atoms with Gasteiger partial charge in [-0.2, -0.15) is 0 Å². The monoisotopic (exact) mass is 436 g/mol. The van der Waals surface area contributed by atoms with E-state index in [4.69, 9.17) is 0 Å². The summed E-state index contributed by atoms with van der Waals surface area (Å²) in [5.41, 5.74) is 3.24. The van der Waals surface area contributed by atoms with Crippen molar-refractivity contribution in [3.05, 3.63) is 106 Å². The standard InChI is InChI=1S/C29H31F3/c1-20(23-5-3-2-4-6-23)17-27-28(31)18-22(19-29(27)32)8-7-21-9-11-24(12-10-21)25-13-15-26(30)16-14-25/h2-6,13-16,18-21,24H,7-12,17H2,1H3/t20-,21?,24?/m1/s1. The van der Waals surface area contributed by atoms with Crippen LogP contribution in [0.5, 0.6) is 0 Å². The number of rotatable bonds is 7. The zero-order valence-electron chi connectivity index (χ0n) is 18.7. The van der Waals surface area contributed by atoms with Gasteiger partial charge in [0.15, 0.2) is 0 Å². The van der Waals surface area contributed by atoms with Crippen molar-refractivity contribution in [3.8, 4) is 0 Å². The molecule has 168 valence electrons. The second-order valence-corrected chi connectivity index (χ2v) is 9.36. The molecule has 0 aliphatic heterocycles. The summed E-state index contributed by atoms with van der Waals surface area (Å²) in [4.78, 5) is 0. The van der Waals surface area contributed by atoms with Crippen LogP contribution in [0.3, 0.4) is 0 Å². The molecule has 0 unspecified atom stereocenters. The maximum absolute atomic E-state index is 14.8. The molecule has 0 radical (unpaired) electrons. The molecule has 0 amide bonds. The van der Waals surface area contributed by atoms with Crippen molar-refractivity contribution in [3.63, 3.8) is 0 Å². The minimum Gasteiger partial charge on any atom is -0.207 e. The molecule has 0 N–H and O–H groups in total. The van der Waals surface area contributed by atoms with E-state index >= 15 is 0 Å². The average molecular weight is 437 g/mol. The Bertz CT molecular complexity index is 979. The second kappa shape index (κ2) is 10.4. The zero-order valence-corrected chi connectivity index (χ0v) is 18.7. The first-order chi connectivity index (χ1) is 15.5. The van der Waals surface area contributed by atoms with Crippen LogP contribution < -0.4 is 0 Å². The second-order valence-electron chi connectivity index (χ2n) is 9.36. The molecule has 3 aromatic carbocycles. The van der Waals surface area contributed by atoms with E-state index in [1.165, 1.54) is 29.8 Å². The van der Waals surface area contributed by atoms with Crippen LogP contribution in [0, 0.1) is 23.4 Å². The van der Waals surface area contributed by atoms with Crippen LogP contribution >= 0.6 is 0 Å². The molecule has 0 bridgehead atoms. The van der Waals surface area contributed by atoms with E-state index in [9.17, 15) is 13.2 Å². The van der Waals surface area contributed by atoms with Crippen LogP contribution in [0.1, 0.15) is 73.1 Å². The molecule has 32 heavy (non-hydrogen) atoms. The van der Waals surface area contributed by atoms with E-state index < -0.39 is 11.6 Å². The average Bonchev–Trinajstić information content (AvgIpc) is 2.81. The summed E-state index contributed by atoms with van der Waals surface area (Å²) >= 11 is 0. The third-order valence-electron chi connectivity index (χ3n) is 7.11. The Morgan fingerprint density at radius 1 is 0.812 bits per heavy atom. The van der Waals surface area contributed by atoms with Crippen LogP contribution in [0.4, 0.5) is 13.2 Å². The lowest BCUT2D eigenvalue weighted by molar-refractivity contribution is 0.310. The largest absolute Gasteiger partial charge is 0.207 e. The predicted molar refractivity (Wildman–Crippen MR) is 124 cm³/mol. The Morgan fingerprint density at radius 3 is 2.06 bits per heavy atom. The summed E-state index contributed by atoms with van der Waals surface area (Å²) in [7, 11) is 0. The lowest BCUT2D eigenvalue weighted by Crippen LogP contribution is -2.14. The highest BCUT2D eigenvalue weighted by molar-refractivity contribution is 5.29. The molecule has 0 saturated heterocycles. The highest BCUT2D eigenvalue weighted by atomic mass is 19.1. The molecular formula is C29H31F3. The quantitative estimate of drug-likeness (QED) is 0.349. The van der Waals surface area contributed by atoms with Gasteiger partial charge in [-0.25, -0.2) is 13.2 Å². The molecular weight excluding hydrogens is 405 g/mol. The lowest BCUT2D eigenvalue weighted by Gasteiger charge is -2.29. The highest BCUT2D eigenvalue weighted by Gasteiger charge is 2.23. The van der Waals surface area contributed by atoms with Gasteiger partial charge in [0, 0.05) is 5.56 Å². The fraction of sp³-hybridized carbons (Fsp3) is 0.379. The van der Waals surface area contributed by atoms with Crippen molar-refractivity contribution in [2.24, 2.45) is 5.92 Å². The third kappa shape index (κ3) is 5.62. The highest BCUT2D eigenvalue weighted by Crippen LogP contribution is 2.37. The van der Waals surface area contributed by atoms with Gasteiger partial charge in [-0.1, -0.05) is 49.4 Å². The van der Waals surface area contributed by atoms with Crippen molar-refractivity contribution < 1.29 is 13.2 Å². The molecule has 3 heteroatoms. The van der Waals surface area contributed by atoms with E-state index in [0.29, 0.717) is 24.7 Å². The van der Waals surface area contributed by atoms with Crippen LogP contribution in [0.25, 0.3) is 0 Å². The summed E-state index contributed by atoms with van der Waals surface area (Å²) < 4.78 is 42.7. The van der Waals surface area contributed by atoms with Crippen LogP contribution in [-0.2, 0) is 12.8 Å². The number of benzene rings is 3. The van der Waals surface area contributed by atoms with E-state index in [1.807, 2.05) is 49.4 Å². The molecule has 4 rings (SSSR count). The van der Waals surface area contributed by atoms with Gasteiger partial charge in [-0.15, -0.1) is 0 Å². The van der Waals surface area contributed by atoms with Crippen LogP contribution in [-0.4, -0.2) is 0 Å². The van der Waals surface area contributed by atoms with Gasteiger partial charge in [0.05, 0.1) is 0 Å². The van der Waals surface area contributed by atoms with Gasteiger partial charge in [0.1, 0.15) is 17.5 Å². The van der Waals surface area contributed by atoms with E-state index in [0.717, 1.165) is 43.2 Å². The fourth-order valence-electron chi connectivity index (χ4n) is 5.09. The van der Waals surface area contributed by atoms with Crippen molar-refractivity contribution in [1.82, 2.24) is 0 Å². The smallest absolute Gasteiger partial charge is 0.129 e. The Balaban J connectivity index is 1.31. The van der Waals surface area contributed by atoms with Crippen molar-refractivity contribution in [1.29, 1.82) is 0 Å². The zero-order chi connectivity index (χ0) is 22.5. The molecule has 0 spiro atoms. The Hall–Kier alpha value is -2.55. The molecule has 1 fully saturated rings. The molecule has 0 nitrogen and oxygen atoms in total. The van der Waals surface area contributed by atoms with Crippen molar-refractivity contribution in [2.45, 2.75) is 63.7 Å². The predicted octanol–water partition coefficient (Wildman–Crippen LogP) is 8.36. The summed E-state index contributed by atoms with van der Waals surface area (Å²) in [5, 5.41) is 0. The van der Waals surface area contributed by atoms with E-state index in [-0.39, 0.29) is 17.3 Å². The summed E-state index contributed by atoms with van der Waals surface area (Å²) in [6, 6.07) is 19.8. The van der Waals surface area contributed by atoms with E-state index in [1.54, 1.807) is 0 Å². The molecule has 0 heterocycles. The Labute approximate surface area is 189 Å². The number of aryl methyl sites for hydroxylation is 1. The number of hydrogen-bond acceptors (Lipinski definition) is 0. The summed E-state index contributed by atoms with van der Waals surface area (Å²) in [6.45, 7) is 2.00. The normalized spacial score (nSPS) is 19.6. The van der Waals surface area contributed by atoms with E-state index in [2.05, 4.69) is 0 Å². The van der Waals surface area contributed by atoms with Crippen LogP contribution in [0.2, 0.25) is 0 Å². The van der Waals surface area contributed by atoms with Gasteiger partial charge in [0.25, 0.3) is 0 Å². The van der Waals surface area contributed by atoms with Gasteiger partial charge in [-0.3, -0.25) is 0 Å². The first kappa shape index (κ1) is 22.6. The minimum absolute atomic E-state index is 0.0577. The Kier molecular flexibility index (Phi) is 7.34. The van der Waals surface area contributed by atoms with Crippen molar-refractivity contribution >= 4 is 0 Å². The third-order valence-corrected chi connectivity index (χ3v) is 7.11. The number of halogens is 3. The van der Waals surface area contributed by atoms with Gasteiger partial charge in [-0.05, 0) is 104 Å². The maximum Gasteiger partial charge on any atom is 0.129 e. The number of hydrogen-bond donors (Lipinski definition) is 0.